The fourth-order valence-corrected chi connectivity index (χ4v) is 4.59. The van der Waals surface area contributed by atoms with E-state index in [-0.39, 0.29) is 12.0 Å². The van der Waals surface area contributed by atoms with Crippen molar-refractivity contribution in [2.45, 2.75) is 25.4 Å². The molecule has 180 valence electrons. The number of carbonyl (C=O) groups excluding carboxylic acids is 2. The maximum atomic E-state index is 12.9. The van der Waals surface area contributed by atoms with Crippen LogP contribution in [-0.2, 0) is 11.2 Å². The normalized spacial score (nSPS) is 17.4. The molecule has 0 saturated carbocycles. The van der Waals surface area contributed by atoms with Crippen molar-refractivity contribution in [3.05, 3.63) is 83.2 Å². The van der Waals surface area contributed by atoms with Gasteiger partial charge in [0.1, 0.15) is 11.9 Å². The first-order valence-corrected chi connectivity index (χ1v) is 11.9. The van der Waals surface area contributed by atoms with Crippen molar-refractivity contribution in [3.8, 4) is 5.75 Å². The van der Waals surface area contributed by atoms with Gasteiger partial charge in [-0.1, -0.05) is 6.07 Å². The molecule has 2 heterocycles. The van der Waals surface area contributed by atoms with Gasteiger partial charge < -0.3 is 25.4 Å². The SMILES string of the molecule is NC(=O)c1cncc(OC2CCCc3ccc(NC(=O)c4ccc(N5CCOCC5)cc4)cc32)c1. The predicted octanol–water partition coefficient (Wildman–Crippen LogP) is 3.73. The van der Waals surface area contributed by atoms with Gasteiger partial charge in [0.25, 0.3) is 5.91 Å². The number of benzene rings is 2. The molecule has 5 rings (SSSR count). The number of hydrogen-bond donors (Lipinski definition) is 2. The van der Waals surface area contributed by atoms with Crippen molar-refractivity contribution in [2.24, 2.45) is 5.73 Å². The lowest BCUT2D eigenvalue weighted by molar-refractivity contribution is 0.0996. The van der Waals surface area contributed by atoms with Crippen LogP contribution in [0.2, 0.25) is 0 Å². The van der Waals surface area contributed by atoms with Crippen LogP contribution in [0.5, 0.6) is 5.75 Å². The van der Waals surface area contributed by atoms with Gasteiger partial charge in [-0.3, -0.25) is 14.6 Å². The maximum absolute atomic E-state index is 12.9. The highest BCUT2D eigenvalue weighted by molar-refractivity contribution is 6.04. The second-order valence-electron chi connectivity index (χ2n) is 8.79. The summed E-state index contributed by atoms with van der Waals surface area (Å²) in [5.41, 5.74) is 10.3. The molecule has 35 heavy (non-hydrogen) atoms. The van der Waals surface area contributed by atoms with Gasteiger partial charge in [0.05, 0.1) is 25.0 Å². The van der Waals surface area contributed by atoms with Crippen LogP contribution in [0.4, 0.5) is 11.4 Å². The van der Waals surface area contributed by atoms with E-state index in [1.165, 1.54) is 11.8 Å². The van der Waals surface area contributed by atoms with Gasteiger partial charge in [0, 0.05) is 36.2 Å². The Hall–Kier alpha value is -3.91. The third-order valence-corrected chi connectivity index (χ3v) is 6.44. The molecule has 0 radical (unpaired) electrons. The minimum Gasteiger partial charge on any atom is -0.484 e. The van der Waals surface area contributed by atoms with E-state index in [9.17, 15) is 9.59 Å². The molecular formula is C27H28N4O4. The van der Waals surface area contributed by atoms with Crippen molar-refractivity contribution < 1.29 is 19.1 Å². The summed E-state index contributed by atoms with van der Waals surface area (Å²) in [5, 5.41) is 3.01. The van der Waals surface area contributed by atoms with E-state index >= 15 is 0 Å². The van der Waals surface area contributed by atoms with E-state index in [1.807, 2.05) is 42.5 Å². The molecule has 1 unspecified atom stereocenters. The summed E-state index contributed by atoms with van der Waals surface area (Å²) in [4.78, 5) is 30.7. The van der Waals surface area contributed by atoms with Gasteiger partial charge >= 0.3 is 0 Å². The molecule has 2 aliphatic rings. The largest absolute Gasteiger partial charge is 0.484 e. The Balaban J connectivity index is 1.30. The number of pyridine rings is 1. The second kappa shape index (κ2) is 10.1. The number of amides is 2. The second-order valence-corrected chi connectivity index (χ2v) is 8.79. The number of morpholine rings is 1. The minimum atomic E-state index is -0.546. The van der Waals surface area contributed by atoms with Gasteiger partial charge in [-0.05, 0) is 72.9 Å². The first-order valence-electron chi connectivity index (χ1n) is 11.9. The number of carbonyl (C=O) groups is 2. The van der Waals surface area contributed by atoms with Crippen LogP contribution >= 0.6 is 0 Å². The lowest BCUT2D eigenvalue weighted by atomic mass is 9.89. The standard InChI is InChI=1S/C27H28N4O4/c28-26(32)20-14-23(17-29-16-20)35-25-3-1-2-18-4-7-21(15-24(18)25)30-27(33)19-5-8-22(9-6-19)31-10-12-34-13-11-31/h4-9,14-17,25H,1-3,10-13H2,(H2,28,32)(H,30,33). The summed E-state index contributed by atoms with van der Waals surface area (Å²) in [6, 6.07) is 15.2. The van der Waals surface area contributed by atoms with Gasteiger partial charge in [-0.15, -0.1) is 0 Å². The van der Waals surface area contributed by atoms with Crippen LogP contribution in [-0.4, -0.2) is 43.1 Å². The van der Waals surface area contributed by atoms with Crippen LogP contribution in [0.3, 0.4) is 0 Å². The Bertz CT molecular complexity index is 1220. The molecule has 3 aromatic rings. The van der Waals surface area contributed by atoms with E-state index in [4.69, 9.17) is 15.2 Å². The maximum Gasteiger partial charge on any atom is 0.255 e. The zero-order valence-electron chi connectivity index (χ0n) is 19.4. The van der Waals surface area contributed by atoms with Crippen molar-refractivity contribution >= 4 is 23.2 Å². The first kappa shape index (κ1) is 22.9. The Morgan fingerprint density at radius 1 is 1.03 bits per heavy atom. The van der Waals surface area contributed by atoms with Gasteiger partial charge in [0.2, 0.25) is 5.91 Å². The van der Waals surface area contributed by atoms with E-state index < -0.39 is 5.91 Å². The molecule has 1 saturated heterocycles. The van der Waals surface area contributed by atoms with E-state index in [1.54, 1.807) is 12.3 Å². The topological polar surface area (TPSA) is 107 Å². The quantitative estimate of drug-likeness (QED) is 0.566. The number of rotatable bonds is 6. The average molecular weight is 473 g/mol. The van der Waals surface area contributed by atoms with Crippen LogP contribution in [0.1, 0.15) is 50.8 Å². The highest BCUT2D eigenvalue weighted by Crippen LogP contribution is 2.35. The summed E-state index contributed by atoms with van der Waals surface area (Å²) in [5.74, 6) is -0.214. The number of aromatic nitrogens is 1. The molecule has 2 amide bonds. The van der Waals surface area contributed by atoms with E-state index in [0.717, 1.165) is 56.8 Å². The Kier molecular flexibility index (Phi) is 6.63. The van der Waals surface area contributed by atoms with Crippen molar-refractivity contribution in [1.82, 2.24) is 4.98 Å². The highest BCUT2D eigenvalue weighted by Gasteiger charge is 2.23. The number of anilines is 2. The lowest BCUT2D eigenvalue weighted by Gasteiger charge is -2.28. The minimum absolute atomic E-state index is 0.162. The van der Waals surface area contributed by atoms with Crippen molar-refractivity contribution in [2.75, 3.05) is 36.5 Å². The first-order chi connectivity index (χ1) is 17.1. The monoisotopic (exact) mass is 472 g/mol. The molecule has 1 aliphatic heterocycles. The average Bonchev–Trinajstić information content (AvgIpc) is 2.90. The molecule has 3 N–H and O–H groups in total. The Morgan fingerprint density at radius 2 is 1.83 bits per heavy atom. The molecule has 0 bridgehead atoms. The predicted molar refractivity (Wildman–Crippen MR) is 133 cm³/mol. The van der Waals surface area contributed by atoms with Crippen molar-refractivity contribution in [3.63, 3.8) is 0 Å². The van der Waals surface area contributed by atoms with Gasteiger partial charge in [0.15, 0.2) is 0 Å². The van der Waals surface area contributed by atoms with Crippen LogP contribution in [0.15, 0.2) is 60.9 Å². The number of nitrogens with two attached hydrogens (primary N) is 1. The lowest BCUT2D eigenvalue weighted by Crippen LogP contribution is -2.36. The molecule has 1 aliphatic carbocycles. The summed E-state index contributed by atoms with van der Waals surface area (Å²) < 4.78 is 11.6. The summed E-state index contributed by atoms with van der Waals surface area (Å²) in [6.45, 7) is 3.15. The van der Waals surface area contributed by atoms with E-state index in [2.05, 4.69) is 15.2 Å². The summed E-state index contributed by atoms with van der Waals surface area (Å²) in [6.07, 6.45) is 5.56. The molecule has 2 aromatic carbocycles. The summed E-state index contributed by atoms with van der Waals surface area (Å²) >= 11 is 0. The number of primary amides is 1. The number of ether oxygens (including phenoxy) is 2. The molecular weight excluding hydrogens is 444 g/mol. The number of aryl methyl sites for hydroxylation is 1. The van der Waals surface area contributed by atoms with E-state index in [0.29, 0.717) is 22.6 Å². The molecule has 8 nitrogen and oxygen atoms in total. The zero-order chi connectivity index (χ0) is 24.2. The fourth-order valence-electron chi connectivity index (χ4n) is 4.59. The van der Waals surface area contributed by atoms with Gasteiger partial charge in [-0.2, -0.15) is 0 Å². The van der Waals surface area contributed by atoms with Crippen LogP contribution in [0.25, 0.3) is 0 Å². The smallest absolute Gasteiger partial charge is 0.255 e. The number of fused-ring (bicyclic) bond motifs is 1. The van der Waals surface area contributed by atoms with Crippen LogP contribution in [0, 0.1) is 0 Å². The number of hydrogen-bond acceptors (Lipinski definition) is 6. The Morgan fingerprint density at radius 3 is 2.60 bits per heavy atom. The molecule has 8 heteroatoms. The molecule has 0 spiro atoms. The van der Waals surface area contributed by atoms with Crippen LogP contribution < -0.4 is 20.7 Å². The zero-order valence-corrected chi connectivity index (χ0v) is 19.4. The molecule has 1 atom stereocenters. The molecule has 1 fully saturated rings. The van der Waals surface area contributed by atoms with Gasteiger partial charge in [-0.25, -0.2) is 0 Å². The third kappa shape index (κ3) is 5.27. The number of nitrogens with one attached hydrogen (secondary N) is 1. The fraction of sp³-hybridized carbons (Fsp3) is 0.296. The Labute approximate surface area is 204 Å². The highest BCUT2D eigenvalue weighted by atomic mass is 16.5. The third-order valence-electron chi connectivity index (χ3n) is 6.44. The summed E-state index contributed by atoms with van der Waals surface area (Å²) in [7, 11) is 0. The van der Waals surface area contributed by atoms with Crippen molar-refractivity contribution in [1.29, 1.82) is 0 Å². The number of nitrogens with zero attached hydrogens (tertiary/aromatic N) is 2. The molecule has 1 aromatic heterocycles.